The molecule has 22 heavy (non-hydrogen) atoms. The predicted octanol–water partition coefficient (Wildman–Crippen LogP) is 1.29. The first kappa shape index (κ1) is 15.1. The highest BCUT2D eigenvalue weighted by Crippen LogP contribution is 2.36. The number of fused-ring (bicyclic) bond motifs is 1. The van der Waals surface area contributed by atoms with E-state index in [1.165, 1.54) is 16.4 Å². The molecule has 1 N–H and O–H groups in total. The van der Waals surface area contributed by atoms with Gasteiger partial charge in [0.2, 0.25) is 16.8 Å². The van der Waals surface area contributed by atoms with Crippen LogP contribution in [0.3, 0.4) is 0 Å². The highest BCUT2D eigenvalue weighted by atomic mass is 32.2. The summed E-state index contributed by atoms with van der Waals surface area (Å²) in [6, 6.07) is 4.21. The fraction of sp³-hybridized carbons (Fsp3) is 0.500. The summed E-state index contributed by atoms with van der Waals surface area (Å²) in [5.41, 5.74) is 0. The third-order valence-corrected chi connectivity index (χ3v) is 6.10. The van der Waals surface area contributed by atoms with Crippen molar-refractivity contribution in [3.8, 4) is 11.5 Å². The summed E-state index contributed by atoms with van der Waals surface area (Å²) in [6.07, 6.45) is 1.02. The lowest BCUT2D eigenvalue weighted by Crippen LogP contribution is -2.47. The Morgan fingerprint density at radius 3 is 2.73 bits per heavy atom. The van der Waals surface area contributed by atoms with E-state index in [9.17, 15) is 13.2 Å². The third-order valence-electron chi connectivity index (χ3n) is 4.12. The molecule has 0 aliphatic carbocycles. The number of piperidine rings is 1. The molecule has 0 radical (unpaired) electrons. The van der Waals surface area contributed by atoms with E-state index in [1.54, 1.807) is 13.0 Å². The lowest BCUT2D eigenvalue weighted by atomic mass is 9.96. The number of carbonyl (C=O) groups is 1. The van der Waals surface area contributed by atoms with Crippen LogP contribution in [0, 0.1) is 5.92 Å². The van der Waals surface area contributed by atoms with E-state index in [2.05, 4.69) is 0 Å². The SMILES string of the molecule is CC1CCC(C(=O)O)CN1S(=O)(=O)c1ccc2c(c1)OCO2. The van der Waals surface area contributed by atoms with Gasteiger partial charge in [-0.1, -0.05) is 0 Å². The van der Waals surface area contributed by atoms with Crippen molar-refractivity contribution in [2.45, 2.75) is 30.7 Å². The number of ether oxygens (including phenoxy) is 2. The highest BCUT2D eigenvalue weighted by Gasteiger charge is 2.37. The Morgan fingerprint density at radius 2 is 2.00 bits per heavy atom. The highest BCUT2D eigenvalue weighted by molar-refractivity contribution is 7.89. The maximum atomic E-state index is 12.8. The van der Waals surface area contributed by atoms with Gasteiger partial charge >= 0.3 is 5.97 Å². The largest absolute Gasteiger partial charge is 0.481 e. The van der Waals surface area contributed by atoms with Crippen LogP contribution in [0.15, 0.2) is 23.1 Å². The van der Waals surface area contributed by atoms with Crippen LogP contribution in [0.4, 0.5) is 0 Å². The summed E-state index contributed by atoms with van der Waals surface area (Å²) in [6.45, 7) is 1.86. The van der Waals surface area contributed by atoms with Crippen molar-refractivity contribution in [3.63, 3.8) is 0 Å². The van der Waals surface area contributed by atoms with Crippen molar-refractivity contribution in [1.82, 2.24) is 4.31 Å². The number of rotatable bonds is 3. The second kappa shape index (κ2) is 5.44. The summed E-state index contributed by atoms with van der Waals surface area (Å²) in [7, 11) is -3.76. The minimum atomic E-state index is -3.76. The van der Waals surface area contributed by atoms with Crippen LogP contribution in [0.5, 0.6) is 11.5 Å². The zero-order chi connectivity index (χ0) is 15.9. The zero-order valence-electron chi connectivity index (χ0n) is 12.1. The molecule has 1 fully saturated rings. The summed E-state index contributed by atoms with van der Waals surface area (Å²) in [4.78, 5) is 11.3. The molecule has 3 rings (SSSR count). The van der Waals surface area contributed by atoms with Crippen molar-refractivity contribution < 1.29 is 27.8 Å². The van der Waals surface area contributed by atoms with Crippen molar-refractivity contribution in [2.75, 3.05) is 13.3 Å². The molecule has 2 aliphatic heterocycles. The first-order valence-corrected chi connectivity index (χ1v) is 8.48. The maximum Gasteiger partial charge on any atom is 0.307 e. The van der Waals surface area contributed by atoms with E-state index < -0.39 is 21.9 Å². The molecule has 2 atom stereocenters. The van der Waals surface area contributed by atoms with Crippen LogP contribution in [0.25, 0.3) is 0 Å². The average molecular weight is 327 g/mol. The van der Waals surface area contributed by atoms with Gasteiger partial charge in [-0.2, -0.15) is 4.31 Å². The Balaban J connectivity index is 1.92. The van der Waals surface area contributed by atoms with Crippen LogP contribution in [-0.4, -0.2) is 43.2 Å². The molecule has 7 nitrogen and oxygen atoms in total. The molecule has 8 heteroatoms. The summed E-state index contributed by atoms with van der Waals surface area (Å²) >= 11 is 0. The van der Waals surface area contributed by atoms with Gasteiger partial charge in [0.05, 0.1) is 10.8 Å². The van der Waals surface area contributed by atoms with Crippen LogP contribution >= 0.6 is 0 Å². The quantitative estimate of drug-likeness (QED) is 0.899. The van der Waals surface area contributed by atoms with Crippen LogP contribution in [0.1, 0.15) is 19.8 Å². The number of sulfonamides is 1. The van der Waals surface area contributed by atoms with E-state index in [-0.39, 0.29) is 24.3 Å². The number of hydrogen-bond acceptors (Lipinski definition) is 5. The number of nitrogens with zero attached hydrogens (tertiary/aromatic N) is 1. The normalized spacial score (nSPS) is 25.1. The van der Waals surface area contributed by atoms with Crippen molar-refractivity contribution in [2.24, 2.45) is 5.92 Å². The molecule has 0 bridgehead atoms. The monoisotopic (exact) mass is 327 g/mol. The lowest BCUT2D eigenvalue weighted by molar-refractivity contribution is -0.143. The standard InChI is InChI=1S/C14H17NO6S/c1-9-2-3-10(14(16)17)7-15(9)22(18,19)11-4-5-12-13(6-11)21-8-20-12/h4-6,9-10H,2-3,7-8H2,1H3,(H,16,17). The van der Waals surface area contributed by atoms with Gasteiger partial charge in [0.25, 0.3) is 0 Å². The zero-order valence-corrected chi connectivity index (χ0v) is 12.9. The van der Waals surface area contributed by atoms with Gasteiger partial charge < -0.3 is 14.6 Å². The first-order valence-electron chi connectivity index (χ1n) is 7.04. The maximum absolute atomic E-state index is 12.8. The van der Waals surface area contributed by atoms with Crippen molar-refractivity contribution in [3.05, 3.63) is 18.2 Å². The van der Waals surface area contributed by atoms with E-state index in [1.807, 2.05) is 0 Å². The Labute approximate surface area is 128 Å². The van der Waals surface area contributed by atoms with Crippen LogP contribution in [0.2, 0.25) is 0 Å². The number of carboxylic acid groups (broad SMARTS) is 1. The molecular formula is C14H17NO6S. The number of carboxylic acids is 1. The smallest absolute Gasteiger partial charge is 0.307 e. The Morgan fingerprint density at radius 1 is 1.27 bits per heavy atom. The number of aliphatic carboxylic acids is 1. The topological polar surface area (TPSA) is 93.1 Å². The van der Waals surface area contributed by atoms with E-state index in [4.69, 9.17) is 14.6 Å². The Bertz CT molecular complexity index is 701. The van der Waals surface area contributed by atoms with Gasteiger partial charge in [0, 0.05) is 18.7 Å². The first-order chi connectivity index (χ1) is 10.4. The third kappa shape index (κ3) is 2.52. The molecule has 1 aromatic rings. The fourth-order valence-corrected chi connectivity index (χ4v) is 4.51. The van der Waals surface area contributed by atoms with Gasteiger partial charge in [-0.3, -0.25) is 4.79 Å². The summed E-state index contributed by atoms with van der Waals surface area (Å²) in [5.74, 6) is -0.729. The molecule has 120 valence electrons. The van der Waals surface area contributed by atoms with Crippen molar-refractivity contribution >= 4 is 16.0 Å². The van der Waals surface area contributed by atoms with E-state index in [0.717, 1.165) is 0 Å². The average Bonchev–Trinajstić information content (AvgIpc) is 2.94. The van der Waals surface area contributed by atoms with E-state index >= 15 is 0 Å². The summed E-state index contributed by atoms with van der Waals surface area (Å²) < 4.78 is 37.3. The second-order valence-electron chi connectivity index (χ2n) is 5.55. The molecule has 2 heterocycles. The molecule has 2 unspecified atom stereocenters. The second-order valence-corrected chi connectivity index (χ2v) is 7.44. The Kier molecular flexibility index (Phi) is 3.73. The van der Waals surface area contributed by atoms with Gasteiger partial charge in [-0.15, -0.1) is 0 Å². The molecule has 2 aliphatic rings. The molecule has 1 saturated heterocycles. The van der Waals surface area contributed by atoms with Gasteiger partial charge in [-0.25, -0.2) is 8.42 Å². The van der Waals surface area contributed by atoms with Crippen molar-refractivity contribution in [1.29, 1.82) is 0 Å². The fourth-order valence-electron chi connectivity index (χ4n) is 2.78. The lowest BCUT2D eigenvalue weighted by Gasteiger charge is -2.35. The molecule has 0 spiro atoms. The summed E-state index contributed by atoms with van der Waals surface area (Å²) in [5, 5.41) is 9.15. The predicted molar refractivity (Wildman–Crippen MR) is 76.3 cm³/mol. The minimum absolute atomic E-state index is 0.00667. The van der Waals surface area contributed by atoms with Gasteiger partial charge in [0.1, 0.15) is 0 Å². The number of benzene rings is 1. The van der Waals surface area contributed by atoms with Crippen LogP contribution < -0.4 is 9.47 Å². The molecular weight excluding hydrogens is 310 g/mol. The van der Waals surface area contributed by atoms with E-state index in [0.29, 0.717) is 24.3 Å². The number of hydrogen-bond donors (Lipinski definition) is 1. The molecule has 0 saturated carbocycles. The molecule has 0 aromatic heterocycles. The van der Waals surface area contributed by atoms with Gasteiger partial charge in [0.15, 0.2) is 11.5 Å². The van der Waals surface area contributed by atoms with Crippen LogP contribution in [-0.2, 0) is 14.8 Å². The molecule has 0 amide bonds. The molecule has 1 aromatic carbocycles. The van der Waals surface area contributed by atoms with Gasteiger partial charge in [-0.05, 0) is 31.9 Å². The Hall–Kier alpha value is -1.80. The minimum Gasteiger partial charge on any atom is -0.481 e.